The SMILES string of the molecule is O=C(O)c1ccc(CCN2C(=O)C(=Cc3ccc(OCCN4CCOCC4)c(-c4ccc5nc(CCO)[nH]c5c4)c3)SC2=S)cc1. The van der Waals surface area contributed by atoms with Gasteiger partial charge in [-0.15, -0.1) is 0 Å². The van der Waals surface area contributed by atoms with Gasteiger partial charge < -0.3 is 24.7 Å². The summed E-state index contributed by atoms with van der Waals surface area (Å²) in [6, 6.07) is 18.5. The van der Waals surface area contributed by atoms with Crippen LogP contribution in [0.2, 0.25) is 0 Å². The fraction of sp³-hybridized carbons (Fsp3) is 0.294. The van der Waals surface area contributed by atoms with Crippen molar-refractivity contribution in [1.82, 2.24) is 19.8 Å². The van der Waals surface area contributed by atoms with Crippen LogP contribution >= 0.6 is 24.0 Å². The molecule has 0 atom stereocenters. The summed E-state index contributed by atoms with van der Waals surface area (Å²) in [6.45, 7) is 4.97. The molecule has 0 aliphatic carbocycles. The number of aliphatic hydroxyl groups is 1. The maximum absolute atomic E-state index is 13.4. The van der Waals surface area contributed by atoms with Crippen LogP contribution in [-0.2, 0) is 22.4 Å². The molecule has 2 aliphatic rings. The number of morpholine rings is 1. The number of imidazole rings is 1. The molecule has 4 aromatic rings. The minimum atomic E-state index is -0.974. The number of amides is 1. The minimum absolute atomic E-state index is 0.0159. The Kier molecular flexibility index (Phi) is 10.1. The number of H-pyrrole nitrogens is 1. The molecule has 3 N–H and O–H groups in total. The Bertz CT molecular complexity index is 1780. The number of benzene rings is 3. The molecular weight excluding hydrogens is 625 g/mol. The third-order valence-corrected chi connectivity index (χ3v) is 9.34. The zero-order valence-electron chi connectivity index (χ0n) is 25.1. The first-order chi connectivity index (χ1) is 22.4. The quantitative estimate of drug-likeness (QED) is 0.147. The number of ether oxygens (including phenoxy) is 2. The summed E-state index contributed by atoms with van der Waals surface area (Å²) in [5.41, 5.74) is 5.49. The number of aromatic nitrogens is 2. The summed E-state index contributed by atoms with van der Waals surface area (Å²) in [6.07, 6.45) is 2.86. The number of aliphatic hydroxyl groups excluding tert-OH is 1. The van der Waals surface area contributed by atoms with Gasteiger partial charge in [0, 0.05) is 38.2 Å². The van der Waals surface area contributed by atoms with Crippen molar-refractivity contribution in [3.63, 3.8) is 0 Å². The van der Waals surface area contributed by atoms with E-state index < -0.39 is 5.97 Å². The van der Waals surface area contributed by atoms with Crippen molar-refractivity contribution in [2.75, 3.05) is 52.6 Å². The maximum atomic E-state index is 13.4. The fourth-order valence-electron chi connectivity index (χ4n) is 5.45. The number of rotatable bonds is 12. The molecule has 3 heterocycles. The molecule has 12 heteroatoms. The van der Waals surface area contributed by atoms with Crippen LogP contribution in [0.15, 0.2) is 65.6 Å². The standard InChI is InChI=1S/C34H34N4O6S2/c39-15-10-31-35-27-7-6-25(21-28(27)36-31)26-19-23(3-8-29(26)44-18-14-37-12-16-43-17-13-37)20-30-32(40)38(34(45)46-30)11-9-22-1-4-24(5-2-22)33(41)42/h1-8,19-21,39H,9-18H2,(H,35,36)(H,41,42). The lowest BCUT2D eigenvalue weighted by Gasteiger charge is -2.26. The first kappa shape index (κ1) is 31.9. The molecule has 2 fully saturated rings. The molecule has 0 spiro atoms. The van der Waals surface area contributed by atoms with E-state index in [2.05, 4.69) is 14.9 Å². The van der Waals surface area contributed by atoms with E-state index in [1.165, 1.54) is 11.8 Å². The predicted molar refractivity (Wildman–Crippen MR) is 182 cm³/mol. The van der Waals surface area contributed by atoms with Gasteiger partial charge in [0.1, 0.15) is 22.5 Å². The van der Waals surface area contributed by atoms with Crippen LogP contribution < -0.4 is 4.74 Å². The molecule has 238 valence electrons. The summed E-state index contributed by atoms with van der Waals surface area (Å²) in [5, 5.41) is 18.5. The largest absolute Gasteiger partial charge is 0.492 e. The number of nitrogens with one attached hydrogen (secondary N) is 1. The number of aromatic amines is 1. The molecule has 0 unspecified atom stereocenters. The van der Waals surface area contributed by atoms with Crippen molar-refractivity contribution < 1.29 is 29.3 Å². The monoisotopic (exact) mass is 658 g/mol. The van der Waals surface area contributed by atoms with Crippen molar-refractivity contribution >= 4 is 57.3 Å². The van der Waals surface area contributed by atoms with E-state index in [9.17, 15) is 14.7 Å². The Morgan fingerprint density at radius 1 is 1.07 bits per heavy atom. The van der Waals surface area contributed by atoms with Crippen molar-refractivity contribution in [2.24, 2.45) is 0 Å². The summed E-state index contributed by atoms with van der Waals surface area (Å²) >= 11 is 6.84. The summed E-state index contributed by atoms with van der Waals surface area (Å²) in [4.78, 5) is 36.9. The van der Waals surface area contributed by atoms with E-state index in [0.717, 1.165) is 77.7 Å². The number of hydrogen-bond donors (Lipinski definition) is 3. The zero-order chi connectivity index (χ0) is 32.0. The van der Waals surface area contributed by atoms with Gasteiger partial charge in [-0.25, -0.2) is 9.78 Å². The highest BCUT2D eigenvalue weighted by Gasteiger charge is 2.31. The molecule has 10 nitrogen and oxygen atoms in total. The average Bonchev–Trinajstić information content (AvgIpc) is 3.59. The van der Waals surface area contributed by atoms with E-state index in [-0.39, 0.29) is 18.1 Å². The predicted octanol–water partition coefficient (Wildman–Crippen LogP) is 4.62. The van der Waals surface area contributed by atoms with Crippen LogP contribution in [0.4, 0.5) is 0 Å². The average molecular weight is 659 g/mol. The molecular formula is C34H34N4O6S2. The second-order valence-electron chi connectivity index (χ2n) is 11.0. The van der Waals surface area contributed by atoms with E-state index in [1.807, 2.05) is 42.5 Å². The molecule has 0 radical (unpaired) electrons. The van der Waals surface area contributed by atoms with Gasteiger partial charge in [-0.2, -0.15) is 0 Å². The van der Waals surface area contributed by atoms with E-state index >= 15 is 0 Å². The Hall–Kier alpha value is -4.07. The number of nitrogens with zero attached hydrogens (tertiary/aromatic N) is 3. The number of thioether (sulfide) groups is 1. The van der Waals surface area contributed by atoms with Crippen molar-refractivity contribution in [2.45, 2.75) is 12.8 Å². The van der Waals surface area contributed by atoms with Crippen molar-refractivity contribution in [3.8, 4) is 16.9 Å². The number of carbonyl (C=O) groups excluding carboxylic acids is 1. The lowest BCUT2D eigenvalue weighted by atomic mass is 10.0. The molecule has 1 aromatic heterocycles. The Morgan fingerprint density at radius 3 is 2.63 bits per heavy atom. The Balaban J connectivity index is 1.22. The number of aromatic carboxylic acids is 1. The van der Waals surface area contributed by atoms with Crippen molar-refractivity contribution in [3.05, 3.63) is 88.1 Å². The van der Waals surface area contributed by atoms with Gasteiger partial charge in [0.25, 0.3) is 5.91 Å². The third-order valence-electron chi connectivity index (χ3n) is 7.96. The van der Waals surface area contributed by atoms with Crippen LogP contribution in [0.3, 0.4) is 0 Å². The normalized spacial score (nSPS) is 16.5. The Morgan fingerprint density at radius 2 is 1.87 bits per heavy atom. The molecule has 2 saturated heterocycles. The molecule has 2 aliphatic heterocycles. The number of carbonyl (C=O) groups is 2. The summed E-state index contributed by atoms with van der Waals surface area (Å²) in [5.74, 6) is 0.337. The first-order valence-corrected chi connectivity index (χ1v) is 16.3. The molecule has 1 amide bonds. The van der Waals surface area contributed by atoms with Gasteiger partial charge in [-0.1, -0.05) is 48.2 Å². The van der Waals surface area contributed by atoms with Crippen LogP contribution in [0.25, 0.3) is 28.2 Å². The minimum Gasteiger partial charge on any atom is -0.492 e. The summed E-state index contributed by atoms with van der Waals surface area (Å²) < 4.78 is 12.3. The number of carboxylic acids is 1. The summed E-state index contributed by atoms with van der Waals surface area (Å²) in [7, 11) is 0. The van der Waals surface area contributed by atoms with E-state index in [4.69, 9.17) is 26.8 Å². The topological polar surface area (TPSA) is 128 Å². The molecule has 0 saturated carbocycles. The van der Waals surface area contributed by atoms with E-state index in [1.54, 1.807) is 29.2 Å². The fourth-order valence-corrected chi connectivity index (χ4v) is 6.76. The van der Waals surface area contributed by atoms with Crippen molar-refractivity contribution in [1.29, 1.82) is 0 Å². The number of thiocarbonyl (C=S) groups is 1. The third kappa shape index (κ3) is 7.48. The second kappa shape index (κ2) is 14.6. The van der Waals surface area contributed by atoms with Crippen LogP contribution in [0.5, 0.6) is 5.75 Å². The highest BCUT2D eigenvalue weighted by Crippen LogP contribution is 2.36. The zero-order valence-corrected chi connectivity index (χ0v) is 26.7. The van der Waals surface area contributed by atoms with Gasteiger partial charge in [-0.3, -0.25) is 14.6 Å². The van der Waals surface area contributed by atoms with Gasteiger partial charge in [-0.05, 0) is 65.6 Å². The molecule has 6 rings (SSSR count). The van der Waals surface area contributed by atoms with Crippen LogP contribution in [0.1, 0.15) is 27.3 Å². The van der Waals surface area contributed by atoms with Gasteiger partial charge in [0.05, 0.1) is 41.3 Å². The van der Waals surface area contributed by atoms with Gasteiger partial charge in [0.2, 0.25) is 0 Å². The van der Waals surface area contributed by atoms with E-state index in [0.29, 0.717) is 35.2 Å². The van der Waals surface area contributed by atoms with Gasteiger partial charge in [0.15, 0.2) is 0 Å². The molecule has 0 bridgehead atoms. The molecule has 46 heavy (non-hydrogen) atoms. The lowest BCUT2D eigenvalue weighted by molar-refractivity contribution is -0.122. The first-order valence-electron chi connectivity index (χ1n) is 15.1. The smallest absolute Gasteiger partial charge is 0.335 e. The second-order valence-corrected chi connectivity index (χ2v) is 12.7. The number of carboxylic acid groups (broad SMARTS) is 1. The Labute approximate surface area is 276 Å². The lowest BCUT2D eigenvalue weighted by Crippen LogP contribution is -2.38. The van der Waals surface area contributed by atoms with Crippen LogP contribution in [0, 0.1) is 0 Å². The van der Waals surface area contributed by atoms with Gasteiger partial charge >= 0.3 is 5.97 Å². The molecule has 3 aromatic carbocycles. The number of fused-ring (bicyclic) bond motifs is 1. The highest BCUT2D eigenvalue weighted by molar-refractivity contribution is 8.26. The highest BCUT2D eigenvalue weighted by atomic mass is 32.2. The van der Waals surface area contributed by atoms with Crippen LogP contribution in [-0.4, -0.2) is 98.8 Å². The maximum Gasteiger partial charge on any atom is 0.335 e. The number of hydrogen-bond acceptors (Lipinski definition) is 9.